The zero-order valence-electron chi connectivity index (χ0n) is 13.8. The van der Waals surface area contributed by atoms with Gasteiger partial charge in [0.15, 0.2) is 0 Å². The zero-order chi connectivity index (χ0) is 16.5. The van der Waals surface area contributed by atoms with E-state index in [1.807, 2.05) is 46.1 Å². The van der Waals surface area contributed by atoms with Gasteiger partial charge in [-0.3, -0.25) is 4.79 Å². The fourth-order valence-corrected chi connectivity index (χ4v) is 4.20. The molecule has 1 N–H and O–H groups in total. The van der Waals surface area contributed by atoms with Crippen LogP contribution in [0.25, 0.3) is 0 Å². The molecule has 124 valence electrons. The van der Waals surface area contributed by atoms with Gasteiger partial charge in [0.25, 0.3) is 0 Å². The number of ether oxygens (including phenoxy) is 1. The second kappa shape index (κ2) is 6.81. The Morgan fingerprint density at radius 1 is 1.50 bits per heavy atom. The van der Waals surface area contributed by atoms with Crippen molar-refractivity contribution in [3.8, 4) is 0 Å². The predicted octanol–water partition coefficient (Wildman–Crippen LogP) is 3.21. The second-order valence-corrected chi connectivity index (χ2v) is 10.1. The maximum atomic E-state index is 12.4. The summed E-state index contributed by atoms with van der Waals surface area (Å²) in [7, 11) is -1.22. The monoisotopic (exact) mass is 343 g/mol. The molecule has 0 bridgehead atoms. The predicted molar refractivity (Wildman–Crippen MR) is 91.1 cm³/mol. The molecule has 1 aliphatic carbocycles. The third-order valence-electron chi connectivity index (χ3n) is 3.57. The molecule has 0 spiro atoms. The van der Waals surface area contributed by atoms with E-state index in [9.17, 15) is 9.00 Å². The SMILES string of the molecule is CC(C)COC(=O)[C@@H]1Cc2sccc2[C@H]1N[S@](=O)C(C)(C)C. The molecule has 0 saturated heterocycles. The molecule has 0 aliphatic heterocycles. The molecule has 1 aliphatic rings. The number of hydrogen-bond donors (Lipinski definition) is 1. The highest BCUT2D eigenvalue weighted by Crippen LogP contribution is 2.40. The standard InChI is InChI=1S/C16H25NO3S2/c1-10(2)9-20-15(18)12-8-13-11(6-7-21-13)14(12)17-22(19)16(3,4)5/h6-7,10,12,14,17H,8-9H2,1-5H3/t12-,14-,22-/m1/s1. The molecule has 0 unspecified atom stereocenters. The first-order chi connectivity index (χ1) is 10.2. The van der Waals surface area contributed by atoms with Crippen molar-refractivity contribution in [2.24, 2.45) is 11.8 Å². The Bertz CT molecular complexity index is 560. The molecule has 2 rings (SSSR count). The molecule has 6 heteroatoms. The normalized spacial score (nSPS) is 22.6. The van der Waals surface area contributed by atoms with Crippen LogP contribution in [0, 0.1) is 11.8 Å². The van der Waals surface area contributed by atoms with E-state index in [-0.39, 0.29) is 22.7 Å². The average Bonchev–Trinajstić information content (AvgIpc) is 2.97. The highest BCUT2D eigenvalue weighted by Gasteiger charge is 2.41. The van der Waals surface area contributed by atoms with Gasteiger partial charge in [0.2, 0.25) is 0 Å². The number of carbonyl (C=O) groups excluding carboxylic acids is 1. The number of hydrogen-bond acceptors (Lipinski definition) is 4. The Hall–Kier alpha value is -0.720. The Balaban J connectivity index is 2.14. The van der Waals surface area contributed by atoms with Gasteiger partial charge in [-0.1, -0.05) is 13.8 Å². The summed E-state index contributed by atoms with van der Waals surface area (Å²) in [5, 5.41) is 2.02. The van der Waals surface area contributed by atoms with E-state index in [1.165, 1.54) is 4.88 Å². The molecule has 22 heavy (non-hydrogen) atoms. The van der Waals surface area contributed by atoms with Gasteiger partial charge in [-0.05, 0) is 50.1 Å². The van der Waals surface area contributed by atoms with Gasteiger partial charge >= 0.3 is 5.97 Å². The average molecular weight is 344 g/mol. The Labute approximate surface area is 139 Å². The van der Waals surface area contributed by atoms with Crippen molar-refractivity contribution in [1.82, 2.24) is 4.72 Å². The number of rotatable bonds is 5. The summed E-state index contributed by atoms with van der Waals surface area (Å²) in [6.45, 7) is 10.2. The van der Waals surface area contributed by atoms with Crippen LogP contribution < -0.4 is 4.72 Å². The maximum Gasteiger partial charge on any atom is 0.311 e. The van der Waals surface area contributed by atoms with Gasteiger partial charge in [0.1, 0.15) is 0 Å². The molecular formula is C16H25NO3S2. The van der Waals surface area contributed by atoms with Crippen LogP contribution in [-0.2, 0) is 26.9 Å². The van der Waals surface area contributed by atoms with Crippen molar-refractivity contribution < 1.29 is 13.7 Å². The molecule has 0 fully saturated rings. The number of fused-ring (bicyclic) bond motifs is 1. The van der Waals surface area contributed by atoms with Crippen LogP contribution in [0.15, 0.2) is 11.4 Å². The van der Waals surface area contributed by atoms with Crippen molar-refractivity contribution >= 4 is 28.3 Å². The third kappa shape index (κ3) is 3.97. The summed E-state index contributed by atoms with van der Waals surface area (Å²) in [5.41, 5.74) is 1.09. The first kappa shape index (κ1) is 17.6. The number of thiophene rings is 1. The van der Waals surface area contributed by atoms with Gasteiger partial charge < -0.3 is 4.74 Å². The number of esters is 1. The number of nitrogens with one attached hydrogen (secondary N) is 1. The van der Waals surface area contributed by atoms with Crippen molar-refractivity contribution in [3.63, 3.8) is 0 Å². The minimum absolute atomic E-state index is 0.194. The maximum absolute atomic E-state index is 12.4. The molecule has 0 amide bonds. The molecule has 0 saturated carbocycles. The molecule has 3 atom stereocenters. The van der Waals surface area contributed by atoms with E-state index >= 15 is 0 Å². The summed E-state index contributed by atoms with van der Waals surface area (Å²) in [6, 6.07) is 1.80. The third-order valence-corrected chi connectivity index (χ3v) is 6.11. The fourth-order valence-electron chi connectivity index (χ4n) is 2.34. The molecule has 0 aromatic carbocycles. The quantitative estimate of drug-likeness (QED) is 0.835. The van der Waals surface area contributed by atoms with Gasteiger partial charge in [-0.15, -0.1) is 11.3 Å². The van der Waals surface area contributed by atoms with E-state index in [1.54, 1.807) is 11.3 Å². The van der Waals surface area contributed by atoms with Crippen molar-refractivity contribution in [1.29, 1.82) is 0 Å². The largest absolute Gasteiger partial charge is 0.465 e. The van der Waals surface area contributed by atoms with Gasteiger partial charge in [0, 0.05) is 4.88 Å². The summed E-state index contributed by atoms with van der Waals surface area (Å²) >= 11 is 1.65. The van der Waals surface area contributed by atoms with Gasteiger partial charge in [-0.25, -0.2) is 8.93 Å². The van der Waals surface area contributed by atoms with Crippen LogP contribution in [0.4, 0.5) is 0 Å². The van der Waals surface area contributed by atoms with Crippen LogP contribution >= 0.6 is 11.3 Å². The highest BCUT2D eigenvalue weighted by molar-refractivity contribution is 7.84. The molecule has 1 aromatic rings. The molecule has 1 heterocycles. The highest BCUT2D eigenvalue weighted by atomic mass is 32.2. The van der Waals surface area contributed by atoms with Crippen LogP contribution in [-0.4, -0.2) is 21.5 Å². The summed E-state index contributed by atoms with van der Waals surface area (Å²) < 4.78 is 20.6. The second-order valence-electron chi connectivity index (χ2n) is 7.11. The molecule has 4 nitrogen and oxygen atoms in total. The lowest BCUT2D eigenvalue weighted by atomic mass is 10.0. The summed E-state index contributed by atoms with van der Waals surface area (Å²) in [5.74, 6) is -0.164. The number of carbonyl (C=O) groups is 1. The van der Waals surface area contributed by atoms with E-state index in [0.717, 1.165) is 5.56 Å². The minimum Gasteiger partial charge on any atom is -0.465 e. The lowest BCUT2D eigenvalue weighted by molar-refractivity contribution is -0.150. The first-order valence-corrected chi connectivity index (χ1v) is 9.64. The van der Waals surface area contributed by atoms with Crippen LogP contribution in [0.1, 0.15) is 51.1 Å². The Kier molecular flexibility index (Phi) is 5.45. The summed E-state index contributed by atoms with van der Waals surface area (Å²) in [6.07, 6.45) is 0.670. The van der Waals surface area contributed by atoms with Gasteiger partial charge in [-0.2, -0.15) is 0 Å². The van der Waals surface area contributed by atoms with Crippen molar-refractivity contribution in [3.05, 3.63) is 21.9 Å². The van der Waals surface area contributed by atoms with E-state index < -0.39 is 11.0 Å². The smallest absolute Gasteiger partial charge is 0.311 e. The Morgan fingerprint density at radius 3 is 2.77 bits per heavy atom. The van der Waals surface area contributed by atoms with Crippen molar-refractivity contribution in [2.45, 2.75) is 51.8 Å². The van der Waals surface area contributed by atoms with Crippen LogP contribution in [0.3, 0.4) is 0 Å². The zero-order valence-corrected chi connectivity index (χ0v) is 15.5. The van der Waals surface area contributed by atoms with E-state index in [4.69, 9.17) is 4.74 Å². The van der Waals surface area contributed by atoms with Crippen molar-refractivity contribution in [2.75, 3.05) is 6.61 Å². The van der Waals surface area contributed by atoms with E-state index in [2.05, 4.69) is 4.72 Å². The van der Waals surface area contributed by atoms with E-state index in [0.29, 0.717) is 18.9 Å². The Morgan fingerprint density at radius 2 is 2.18 bits per heavy atom. The molecule has 1 aromatic heterocycles. The van der Waals surface area contributed by atoms with Crippen LogP contribution in [0.2, 0.25) is 0 Å². The lowest BCUT2D eigenvalue weighted by Crippen LogP contribution is -2.39. The minimum atomic E-state index is -1.22. The topological polar surface area (TPSA) is 55.4 Å². The molecular weight excluding hydrogens is 318 g/mol. The first-order valence-electron chi connectivity index (χ1n) is 7.61. The van der Waals surface area contributed by atoms with Gasteiger partial charge in [0.05, 0.1) is 34.3 Å². The molecule has 0 radical (unpaired) electrons. The van der Waals surface area contributed by atoms with Crippen LogP contribution in [0.5, 0.6) is 0 Å². The summed E-state index contributed by atoms with van der Waals surface area (Å²) in [4.78, 5) is 13.6. The lowest BCUT2D eigenvalue weighted by Gasteiger charge is -2.25. The fraction of sp³-hybridized carbons (Fsp3) is 0.688.